The van der Waals surface area contributed by atoms with Gasteiger partial charge in [-0.05, 0) is 23.3 Å². The normalized spacial score (nSPS) is 10.4. The van der Waals surface area contributed by atoms with Crippen LogP contribution in [0.1, 0.15) is 10.4 Å². The van der Waals surface area contributed by atoms with Gasteiger partial charge in [0.15, 0.2) is 6.29 Å². The minimum Gasteiger partial charge on any atom is -0.298 e. The van der Waals surface area contributed by atoms with Gasteiger partial charge in [0.2, 0.25) is 0 Å². The molecule has 0 fully saturated rings. The molecule has 0 aliphatic heterocycles. The van der Waals surface area contributed by atoms with Gasteiger partial charge in [-0.1, -0.05) is 42.5 Å². The van der Waals surface area contributed by atoms with Gasteiger partial charge in [-0.15, -0.1) is 0 Å². The summed E-state index contributed by atoms with van der Waals surface area (Å²) in [6, 6.07) is 17.6. The summed E-state index contributed by atoms with van der Waals surface area (Å²) in [5, 5.41) is 1.10. The number of pyridine rings is 1. The van der Waals surface area contributed by atoms with Crippen molar-refractivity contribution in [1.82, 2.24) is 4.98 Å². The van der Waals surface area contributed by atoms with Crippen molar-refractivity contribution in [1.29, 1.82) is 0 Å². The number of hydrogen-bond donors (Lipinski definition) is 0. The Hall–Kier alpha value is -2.48. The Kier molecular flexibility index (Phi) is 2.61. The van der Waals surface area contributed by atoms with Crippen LogP contribution in [0.4, 0.5) is 0 Å². The summed E-state index contributed by atoms with van der Waals surface area (Å²) in [5.41, 5.74) is 3.60. The molecule has 0 unspecified atom stereocenters. The van der Waals surface area contributed by atoms with Crippen LogP contribution < -0.4 is 0 Å². The Morgan fingerprint density at radius 2 is 1.83 bits per heavy atom. The molecule has 3 aromatic rings. The van der Waals surface area contributed by atoms with Gasteiger partial charge in [0, 0.05) is 17.1 Å². The molecule has 2 aromatic carbocycles. The van der Waals surface area contributed by atoms with Crippen molar-refractivity contribution < 1.29 is 4.79 Å². The van der Waals surface area contributed by atoms with Crippen LogP contribution in [0.5, 0.6) is 0 Å². The molecule has 18 heavy (non-hydrogen) atoms. The second-order valence-corrected chi connectivity index (χ2v) is 4.12. The van der Waals surface area contributed by atoms with Crippen molar-refractivity contribution >= 4 is 17.2 Å². The van der Waals surface area contributed by atoms with E-state index in [1.165, 1.54) is 0 Å². The molecule has 0 atom stereocenters. The first kappa shape index (κ1) is 10.7. The second-order valence-electron chi connectivity index (χ2n) is 4.12. The van der Waals surface area contributed by atoms with E-state index < -0.39 is 0 Å². The van der Waals surface area contributed by atoms with Crippen molar-refractivity contribution in [2.75, 3.05) is 0 Å². The fourth-order valence-electron chi connectivity index (χ4n) is 2.10. The molecular weight excluding hydrogens is 222 g/mol. The number of hydrogen-bond acceptors (Lipinski definition) is 2. The third-order valence-corrected chi connectivity index (χ3v) is 3.00. The molecule has 0 radical (unpaired) electrons. The van der Waals surface area contributed by atoms with Gasteiger partial charge < -0.3 is 0 Å². The maximum atomic E-state index is 11.0. The van der Waals surface area contributed by atoms with E-state index in [9.17, 15) is 4.79 Å². The van der Waals surface area contributed by atoms with E-state index in [0.717, 1.165) is 28.3 Å². The SMILES string of the molecule is O=Cc1ccccc1-c1ccc2cccnc2c1. The van der Waals surface area contributed by atoms with Gasteiger partial charge in [-0.2, -0.15) is 0 Å². The minimum absolute atomic E-state index is 0.702. The lowest BCUT2D eigenvalue weighted by molar-refractivity contribution is 0.112. The lowest BCUT2D eigenvalue weighted by Crippen LogP contribution is -1.87. The third-order valence-electron chi connectivity index (χ3n) is 3.00. The van der Waals surface area contributed by atoms with Crippen LogP contribution in [0.3, 0.4) is 0 Å². The summed E-state index contributed by atoms with van der Waals surface area (Å²) in [6.07, 6.45) is 2.66. The van der Waals surface area contributed by atoms with Crippen LogP contribution in [0.25, 0.3) is 22.0 Å². The van der Waals surface area contributed by atoms with E-state index >= 15 is 0 Å². The smallest absolute Gasteiger partial charge is 0.150 e. The molecule has 0 spiro atoms. The Labute approximate surface area is 105 Å². The van der Waals surface area contributed by atoms with Crippen LogP contribution in [0.15, 0.2) is 60.8 Å². The molecule has 0 saturated carbocycles. The molecule has 1 heterocycles. The summed E-state index contributed by atoms with van der Waals surface area (Å²) in [7, 11) is 0. The first-order chi connectivity index (χ1) is 8.88. The lowest BCUT2D eigenvalue weighted by atomic mass is 9.99. The Morgan fingerprint density at radius 3 is 2.72 bits per heavy atom. The van der Waals surface area contributed by atoms with E-state index in [1.807, 2.05) is 54.6 Å². The van der Waals surface area contributed by atoms with Crippen LogP contribution in [-0.2, 0) is 0 Å². The molecule has 3 rings (SSSR count). The first-order valence-corrected chi connectivity index (χ1v) is 5.78. The minimum atomic E-state index is 0.702. The number of nitrogens with zero attached hydrogens (tertiary/aromatic N) is 1. The Balaban J connectivity index is 2.22. The standard InChI is InChI=1S/C16H11NO/c18-11-14-4-1-2-6-15(14)13-8-7-12-5-3-9-17-16(12)10-13/h1-11H. The van der Waals surface area contributed by atoms with Gasteiger partial charge in [-0.25, -0.2) is 0 Å². The second kappa shape index (κ2) is 4.41. The highest BCUT2D eigenvalue weighted by Gasteiger charge is 2.04. The highest BCUT2D eigenvalue weighted by atomic mass is 16.1. The highest BCUT2D eigenvalue weighted by Crippen LogP contribution is 2.25. The molecule has 0 amide bonds. The maximum absolute atomic E-state index is 11.0. The third kappa shape index (κ3) is 1.78. The molecule has 0 aliphatic rings. The predicted octanol–water partition coefficient (Wildman–Crippen LogP) is 3.71. The van der Waals surface area contributed by atoms with E-state index in [2.05, 4.69) is 4.98 Å². The molecular formula is C16H11NO. The van der Waals surface area contributed by atoms with Gasteiger partial charge in [0.25, 0.3) is 0 Å². The zero-order valence-electron chi connectivity index (χ0n) is 9.71. The zero-order valence-corrected chi connectivity index (χ0v) is 9.71. The topological polar surface area (TPSA) is 30.0 Å². The average molecular weight is 233 g/mol. The van der Waals surface area contributed by atoms with Gasteiger partial charge in [-0.3, -0.25) is 9.78 Å². The van der Waals surface area contributed by atoms with Crippen molar-refractivity contribution in [2.24, 2.45) is 0 Å². The fourth-order valence-corrected chi connectivity index (χ4v) is 2.10. The molecule has 2 heteroatoms. The van der Waals surface area contributed by atoms with Crippen molar-refractivity contribution in [3.8, 4) is 11.1 Å². The molecule has 0 N–H and O–H groups in total. The highest BCUT2D eigenvalue weighted by molar-refractivity contribution is 5.91. The molecule has 0 aliphatic carbocycles. The summed E-state index contributed by atoms with van der Waals surface area (Å²) in [5.74, 6) is 0. The largest absolute Gasteiger partial charge is 0.298 e. The van der Waals surface area contributed by atoms with Gasteiger partial charge in [0.1, 0.15) is 0 Å². The van der Waals surface area contributed by atoms with Crippen LogP contribution in [-0.4, -0.2) is 11.3 Å². The van der Waals surface area contributed by atoms with Crippen molar-refractivity contribution in [3.63, 3.8) is 0 Å². The summed E-state index contributed by atoms with van der Waals surface area (Å²) in [6.45, 7) is 0. The molecule has 86 valence electrons. The first-order valence-electron chi connectivity index (χ1n) is 5.78. The van der Waals surface area contributed by atoms with E-state index in [4.69, 9.17) is 0 Å². The lowest BCUT2D eigenvalue weighted by Gasteiger charge is -2.05. The average Bonchev–Trinajstić information content (AvgIpc) is 2.46. The van der Waals surface area contributed by atoms with Crippen molar-refractivity contribution in [2.45, 2.75) is 0 Å². The van der Waals surface area contributed by atoms with E-state index in [1.54, 1.807) is 6.20 Å². The van der Waals surface area contributed by atoms with Gasteiger partial charge in [0.05, 0.1) is 5.52 Å². The number of aromatic nitrogens is 1. The zero-order chi connectivity index (χ0) is 12.4. The van der Waals surface area contributed by atoms with Gasteiger partial charge >= 0.3 is 0 Å². The summed E-state index contributed by atoms with van der Waals surface area (Å²) >= 11 is 0. The summed E-state index contributed by atoms with van der Waals surface area (Å²) < 4.78 is 0. The quantitative estimate of drug-likeness (QED) is 0.631. The molecule has 0 saturated heterocycles. The number of carbonyl (C=O) groups is 1. The summed E-state index contributed by atoms with van der Waals surface area (Å²) in [4.78, 5) is 15.4. The Bertz CT molecular complexity index is 719. The molecule has 1 aromatic heterocycles. The van der Waals surface area contributed by atoms with E-state index in [0.29, 0.717) is 5.56 Å². The molecule has 0 bridgehead atoms. The number of rotatable bonds is 2. The number of aldehydes is 1. The van der Waals surface area contributed by atoms with Crippen LogP contribution >= 0.6 is 0 Å². The van der Waals surface area contributed by atoms with Crippen LogP contribution in [0, 0.1) is 0 Å². The maximum Gasteiger partial charge on any atom is 0.150 e. The number of benzene rings is 2. The monoisotopic (exact) mass is 233 g/mol. The molecule has 2 nitrogen and oxygen atoms in total. The van der Waals surface area contributed by atoms with E-state index in [-0.39, 0.29) is 0 Å². The fraction of sp³-hybridized carbons (Fsp3) is 0. The predicted molar refractivity (Wildman–Crippen MR) is 72.6 cm³/mol. The number of carbonyl (C=O) groups excluding carboxylic acids is 1. The van der Waals surface area contributed by atoms with Crippen molar-refractivity contribution in [3.05, 3.63) is 66.4 Å². The van der Waals surface area contributed by atoms with Crippen LogP contribution in [0.2, 0.25) is 0 Å². The number of fused-ring (bicyclic) bond motifs is 1. The Morgan fingerprint density at radius 1 is 0.944 bits per heavy atom.